The number of carbonyl (C=O) groups is 3. The Morgan fingerprint density at radius 1 is 1.19 bits per heavy atom. The molecule has 26 heavy (non-hydrogen) atoms. The molecule has 0 saturated carbocycles. The van der Waals surface area contributed by atoms with Gasteiger partial charge in [-0.2, -0.15) is 0 Å². The van der Waals surface area contributed by atoms with E-state index in [1.807, 2.05) is 31.2 Å². The second-order valence-corrected chi connectivity index (χ2v) is 6.77. The molecule has 1 fully saturated rings. The van der Waals surface area contributed by atoms with E-state index in [0.717, 1.165) is 27.8 Å². The highest BCUT2D eigenvalue weighted by Crippen LogP contribution is 2.32. The molecule has 1 aliphatic heterocycles. The smallest absolute Gasteiger partial charge is 0.294 e. The Morgan fingerprint density at radius 3 is 2.69 bits per heavy atom. The van der Waals surface area contributed by atoms with Crippen LogP contribution < -0.4 is 5.32 Å². The summed E-state index contributed by atoms with van der Waals surface area (Å²) >= 11 is 0.812. The zero-order chi connectivity index (χ0) is 18.7. The minimum atomic E-state index is -0.519. The van der Waals surface area contributed by atoms with Crippen LogP contribution in [-0.2, 0) is 9.59 Å². The van der Waals surface area contributed by atoms with Gasteiger partial charge in [0.15, 0.2) is 0 Å². The molecule has 2 N–H and O–H groups in total. The van der Waals surface area contributed by atoms with E-state index in [-0.39, 0.29) is 17.2 Å². The first-order valence-corrected chi connectivity index (χ1v) is 8.65. The first-order chi connectivity index (χ1) is 12.4. The van der Waals surface area contributed by atoms with Crippen molar-refractivity contribution in [3.05, 3.63) is 64.6 Å². The minimum Gasteiger partial charge on any atom is -0.508 e. The number of hydrogen-bond acceptors (Lipinski definition) is 5. The Morgan fingerprint density at radius 2 is 1.96 bits per heavy atom. The number of nitrogens with one attached hydrogen (secondary N) is 1. The Bertz CT molecular complexity index is 923. The van der Waals surface area contributed by atoms with Crippen LogP contribution in [-0.4, -0.2) is 33.6 Å². The number of nitrogens with zero attached hydrogens (tertiary/aromatic N) is 1. The predicted octanol–water partition coefficient (Wildman–Crippen LogP) is 3.38. The summed E-state index contributed by atoms with van der Waals surface area (Å²) in [7, 11) is 0. The Balaban J connectivity index is 1.70. The molecule has 7 heteroatoms. The van der Waals surface area contributed by atoms with E-state index in [0.29, 0.717) is 5.69 Å². The average molecular weight is 368 g/mol. The monoisotopic (exact) mass is 368 g/mol. The van der Waals surface area contributed by atoms with E-state index < -0.39 is 17.1 Å². The van der Waals surface area contributed by atoms with Crippen LogP contribution in [0.25, 0.3) is 6.08 Å². The van der Waals surface area contributed by atoms with Crippen molar-refractivity contribution in [2.75, 3.05) is 11.9 Å². The van der Waals surface area contributed by atoms with Crippen LogP contribution in [0, 0.1) is 6.92 Å². The van der Waals surface area contributed by atoms with Gasteiger partial charge in [0.1, 0.15) is 12.3 Å². The second kappa shape index (κ2) is 7.45. The third-order valence-corrected chi connectivity index (χ3v) is 4.55. The molecule has 1 aliphatic rings. The molecule has 0 unspecified atom stereocenters. The minimum absolute atomic E-state index is 0.00931. The van der Waals surface area contributed by atoms with Crippen LogP contribution in [0.1, 0.15) is 11.1 Å². The van der Waals surface area contributed by atoms with E-state index in [1.165, 1.54) is 12.1 Å². The van der Waals surface area contributed by atoms with Crippen LogP contribution in [0.4, 0.5) is 10.5 Å². The fraction of sp³-hybridized carbons (Fsp3) is 0.105. The summed E-state index contributed by atoms with van der Waals surface area (Å²) < 4.78 is 0. The molecular formula is C19H16N2O4S. The summed E-state index contributed by atoms with van der Waals surface area (Å²) in [6.45, 7) is 1.56. The van der Waals surface area contributed by atoms with Crippen molar-refractivity contribution < 1.29 is 19.5 Å². The van der Waals surface area contributed by atoms with Gasteiger partial charge in [-0.3, -0.25) is 19.3 Å². The molecular weight excluding hydrogens is 352 g/mol. The molecule has 0 spiro atoms. The van der Waals surface area contributed by atoms with E-state index in [2.05, 4.69) is 5.32 Å². The molecule has 0 atom stereocenters. The maximum atomic E-state index is 12.4. The number of anilines is 1. The van der Waals surface area contributed by atoms with Gasteiger partial charge in [-0.15, -0.1) is 0 Å². The summed E-state index contributed by atoms with van der Waals surface area (Å²) in [4.78, 5) is 37.8. The summed E-state index contributed by atoms with van der Waals surface area (Å²) in [6, 6.07) is 13.6. The lowest BCUT2D eigenvalue weighted by atomic mass is 10.1. The van der Waals surface area contributed by atoms with Gasteiger partial charge >= 0.3 is 0 Å². The highest BCUT2D eigenvalue weighted by atomic mass is 32.2. The quantitative estimate of drug-likeness (QED) is 0.808. The van der Waals surface area contributed by atoms with Crippen LogP contribution in [0.2, 0.25) is 0 Å². The zero-order valence-electron chi connectivity index (χ0n) is 13.9. The van der Waals surface area contributed by atoms with E-state index in [1.54, 1.807) is 18.2 Å². The highest BCUT2D eigenvalue weighted by molar-refractivity contribution is 8.18. The van der Waals surface area contributed by atoms with Crippen molar-refractivity contribution >= 4 is 40.6 Å². The first-order valence-electron chi connectivity index (χ1n) is 7.83. The number of imide groups is 1. The topological polar surface area (TPSA) is 86.7 Å². The normalized spacial score (nSPS) is 15.6. The summed E-state index contributed by atoms with van der Waals surface area (Å²) in [6.07, 6.45) is 1.64. The third kappa shape index (κ3) is 4.12. The molecule has 1 saturated heterocycles. The zero-order valence-corrected chi connectivity index (χ0v) is 14.7. The Labute approximate surface area is 154 Å². The summed E-state index contributed by atoms with van der Waals surface area (Å²) in [5.74, 6) is -1.00. The molecule has 132 valence electrons. The van der Waals surface area contributed by atoms with Crippen molar-refractivity contribution in [3.63, 3.8) is 0 Å². The third-order valence-electron chi connectivity index (χ3n) is 3.65. The number of phenolic OH excluding ortho intramolecular Hbond substituents is 1. The van der Waals surface area contributed by atoms with Crippen molar-refractivity contribution in [2.45, 2.75) is 6.92 Å². The number of rotatable bonds is 4. The van der Waals surface area contributed by atoms with Gasteiger partial charge < -0.3 is 10.4 Å². The molecule has 2 aromatic rings. The van der Waals surface area contributed by atoms with Crippen molar-refractivity contribution in [2.24, 2.45) is 0 Å². The standard InChI is InChI=1S/C19H16N2O4S/c1-12-4-2-5-13(8-12)9-16-18(24)21(19(25)26-16)11-17(23)20-14-6-3-7-15(22)10-14/h2-10,22H,11H2,1H3,(H,20,23)/b16-9-. The van der Waals surface area contributed by atoms with Crippen LogP contribution >= 0.6 is 11.8 Å². The summed E-state index contributed by atoms with van der Waals surface area (Å²) in [5, 5.41) is 11.5. The first kappa shape index (κ1) is 17.8. The number of aryl methyl sites for hydroxylation is 1. The fourth-order valence-electron chi connectivity index (χ4n) is 2.48. The highest BCUT2D eigenvalue weighted by Gasteiger charge is 2.36. The molecule has 1 heterocycles. The molecule has 2 aromatic carbocycles. The number of phenols is 1. The van der Waals surface area contributed by atoms with Gasteiger partial charge in [-0.25, -0.2) is 0 Å². The number of aromatic hydroxyl groups is 1. The molecule has 3 rings (SSSR count). The van der Waals surface area contributed by atoms with Gasteiger partial charge in [0.2, 0.25) is 5.91 Å². The van der Waals surface area contributed by atoms with Crippen LogP contribution in [0.15, 0.2) is 53.4 Å². The van der Waals surface area contributed by atoms with Crippen LogP contribution in [0.5, 0.6) is 5.75 Å². The van der Waals surface area contributed by atoms with Crippen molar-refractivity contribution in [3.8, 4) is 5.75 Å². The van der Waals surface area contributed by atoms with Gasteiger partial charge in [-0.05, 0) is 42.5 Å². The largest absolute Gasteiger partial charge is 0.508 e. The Kier molecular flexibility index (Phi) is 5.09. The van der Waals surface area contributed by atoms with E-state index in [9.17, 15) is 19.5 Å². The number of carbonyl (C=O) groups excluding carboxylic acids is 3. The number of hydrogen-bond donors (Lipinski definition) is 2. The predicted molar refractivity (Wildman–Crippen MR) is 101 cm³/mol. The number of amides is 3. The maximum Gasteiger partial charge on any atom is 0.294 e. The average Bonchev–Trinajstić information content (AvgIpc) is 2.82. The van der Waals surface area contributed by atoms with Gasteiger partial charge in [0, 0.05) is 11.8 Å². The van der Waals surface area contributed by atoms with Crippen molar-refractivity contribution in [1.82, 2.24) is 4.90 Å². The molecule has 6 nitrogen and oxygen atoms in total. The van der Waals surface area contributed by atoms with Gasteiger partial charge in [-0.1, -0.05) is 35.9 Å². The van der Waals surface area contributed by atoms with E-state index >= 15 is 0 Å². The SMILES string of the molecule is Cc1cccc(/C=C2\SC(=O)N(CC(=O)Nc3cccc(O)c3)C2=O)c1. The number of benzene rings is 2. The lowest BCUT2D eigenvalue weighted by Gasteiger charge is -2.12. The van der Waals surface area contributed by atoms with Gasteiger partial charge in [0.05, 0.1) is 4.91 Å². The van der Waals surface area contributed by atoms with Gasteiger partial charge in [0.25, 0.3) is 11.1 Å². The molecule has 0 aliphatic carbocycles. The molecule has 0 aromatic heterocycles. The molecule has 3 amide bonds. The van der Waals surface area contributed by atoms with Crippen molar-refractivity contribution in [1.29, 1.82) is 0 Å². The Hall–Kier alpha value is -3.06. The maximum absolute atomic E-state index is 12.4. The number of thioether (sulfide) groups is 1. The molecule has 0 bridgehead atoms. The fourth-order valence-corrected chi connectivity index (χ4v) is 3.31. The lowest BCUT2D eigenvalue weighted by molar-refractivity contribution is -0.127. The molecule has 0 radical (unpaired) electrons. The van der Waals surface area contributed by atoms with E-state index in [4.69, 9.17) is 0 Å². The summed E-state index contributed by atoms with van der Waals surface area (Å²) in [5.41, 5.74) is 2.25. The van der Waals surface area contributed by atoms with Crippen LogP contribution in [0.3, 0.4) is 0 Å². The lowest BCUT2D eigenvalue weighted by Crippen LogP contribution is -2.36. The second-order valence-electron chi connectivity index (χ2n) is 5.78.